The van der Waals surface area contributed by atoms with Gasteiger partial charge in [-0.15, -0.1) is 11.3 Å². The van der Waals surface area contributed by atoms with Crippen molar-refractivity contribution in [1.29, 1.82) is 0 Å². The number of imidazole rings is 1. The second-order valence-corrected chi connectivity index (χ2v) is 8.76. The van der Waals surface area contributed by atoms with Crippen LogP contribution in [0.1, 0.15) is 34.6 Å². The summed E-state index contributed by atoms with van der Waals surface area (Å²) in [4.78, 5) is 22.9. The first kappa shape index (κ1) is 20.1. The van der Waals surface area contributed by atoms with Gasteiger partial charge in [-0.3, -0.25) is 9.20 Å². The van der Waals surface area contributed by atoms with Crippen LogP contribution in [0.4, 0.5) is 0 Å². The van der Waals surface area contributed by atoms with Crippen LogP contribution in [-0.4, -0.2) is 64.9 Å². The summed E-state index contributed by atoms with van der Waals surface area (Å²) in [5.41, 5.74) is 2.78. The molecule has 1 fully saturated rings. The summed E-state index contributed by atoms with van der Waals surface area (Å²) in [5.74, 6) is -0.00277. The molecule has 1 saturated heterocycles. The van der Waals surface area contributed by atoms with E-state index in [-0.39, 0.29) is 5.91 Å². The zero-order valence-corrected chi connectivity index (χ0v) is 18.0. The number of nitrogens with one attached hydrogen (secondary N) is 1. The van der Waals surface area contributed by atoms with E-state index in [0.29, 0.717) is 24.8 Å². The quantitative estimate of drug-likeness (QED) is 0.650. The number of benzene rings is 1. The van der Waals surface area contributed by atoms with Gasteiger partial charge in [-0.25, -0.2) is 4.98 Å². The molecule has 6 nitrogen and oxygen atoms in total. The number of likely N-dealkylation sites (N-methyl/N-ethyl adjacent to an activating group) is 1. The average Bonchev–Trinajstić information content (AvgIpc) is 3.33. The van der Waals surface area contributed by atoms with Crippen molar-refractivity contribution in [2.75, 3.05) is 33.7 Å². The fourth-order valence-electron chi connectivity index (χ4n) is 3.85. The monoisotopic (exact) mass is 411 g/mol. The normalized spacial score (nSPS) is 15.8. The number of amides is 1. The van der Waals surface area contributed by atoms with Gasteiger partial charge in [0.05, 0.1) is 5.69 Å². The van der Waals surface area contributed by atoms with Crippen molar-refractivity contribution in [3.63, 3.8) is 0 Å². The lowest BCUT2D eigenvalue weighted by Gasteiger charge is -2.29. The molecule has 1 aliphatic rings. The van der Waals surface area contributed by atoms with E-state index < -0.39 is 0 Å². The first-order valence-electron chi connectivity index (χ1n) is 10.3. The van der Waals surface area contributed by atoms with E-state index in [9.17, 15) is 4.79 Å². The molecule has 2 aromatic heterocycles. The van der Waals surface area contributed by atoms with Gasteiger partial charge < -0.3 is 15.1 Å². The molecule has 1 aromatic carbocycles. The number of nitrogens with zero attached hydrogens (tertiary/aromatic N) is 4. The van der Waals surface area contributed by atoms with Crippen molar-refractivity contribution in [1.82, 2.24) is 24.5 Å². The third-order valence-corrected chi connectivity index (χ3v) is 6.52. The second kappa shape index (κ2) is 9.07. The Morgan fingerprint density at radius 1 is 1.28 bits per heavy atom. The standard InChI is InChI=1S/C22H29N5OS/c1-25-11-9-18(10-12-25)23-16-19-20(24-22-27(19)14-15-29-22)21(28)26(2)13-8-17-6-4-3-5-7-17/h3-7,14-15,18,23H,8-13,16H2,1-2H3. The third kappa shape index (κ3) is 4.69. The number of likely N-dealkylation sites (tertiary alicyclic amines) is 1. The van der Waals surface area contributed by atoms with Gasteiger partial charge in [0.15, 0.2) is 10.7 Å². The molecule has 0 unspecified atom stereocenters. The predicted molar refractivity (Wildman–Crippen MR) is 118 cm³/mol. The number of rotatable bonds is 7. The van der Waals surface area contributed by atoms with Crippen LogP contribution < -0.4 is 5.32 Å². The molecule has 7 heteroatoms. The molecule has 0 bridgehead atoms. The van der Waals surface area contributed by atoms with Crippen LogP contribution in [-0.2, 0) is 13.0 Å². The summed E-state index contributed by atoms with van der Waals surface area (Å²) in [6, 6.07) is 10.8. The molecule has 1 amide bonds. The molecule has 29 heavy (non-hydrogen) atoms. The lowest BCUT2D eigenvalue weighted by molar-refractivity contribution is 0.0790. The van der Waals surface area contributed by atoms with Crippen LogP contribution >= 0.6 is 11.3 Å². The number of carbonyl (C=O) groups is 1. The van der Waals surface area contributed by atoms with Crippen molar-refractivity contribution < 1.29 is 4.79 Å². The first-order valence-corrected chi connectivity index (χ1v) is 11.2. The SMILES string of the molecule is CN1CCC(NCc2c(C(=O)N(C)CCc3ccccc3)nc3sccn23)CC1. The molecular weight excluding hydrogens is 382 g/mol. The highest BCUT2D eigenvalue weighted by molar-refractivity contribution is 7.15. The van der Waals surface area contributed by atoms with Gasteiger partial charge in [-0.2, -0.15) is 0 Å². The lowest BCUT2D eigenvalue weighted by Crippen LogP contribution is -2.41. The summed E-state index contributed by atoms with van der Waals surface area (Å²) < 4.78 is 2.06. The zero-order chi connectivity index (χ0) is 20.2. The van der Waals surface area contributed by atoms with Gasteiger partial charge in [0, 0.05) is 37.8 Å². The van der Waals surface area contributed by atoms with Crippen molar-refractivity contribution in [3.05, 3.63) is 58.9 Å². The molecular formula is C22H29N5OS. The Kier molecular flexibility index (Phi) is 6.28. The number of hydrogen-bond donors (Lipinski definition) is 1. The molecule has 3 aromatic rings. The van der Waals surface area contributed by atoms with E-state index >= 15 is 0 Å². The number of hydrogen-bond acceptors (Lipinski definition) is 5. The fraction of sp³-hybridized carbons (Fsp3) is 0.455. The number of thiazole rings is 1. The van der Waals surface area contributed by atoms with E-state index in [0.717, 1.165) is 43.0 Å². The maximum atomic E-state index is 13.2. The smallest absolute Gasteiger partial charge is 0.274 e. The topological polar surface area (TPSA) is 52.9 Å². The minimum absolute atomic E-state index is 0.00277. The highest BCUT2D eigenvalue weighted by atomic mass is 32.1. The van der Waals surface area contributed by atoms with Crippen LogP contribution in [0.25, 0.3) is 4.96 Å². The first-order chi connectivity index (χ1) is 14.1. The van der Waals surface area contributed by atoms with Gasteiger partial charge in [-0.1, -0.05) is 30.3 Å². The second-order valence-electron chi connectivity index (χ2n) is 7.88. The van der Waals surface area contributed by atoms with Gasteiger partial charge >= 0.3 is 0 Å². The van der Waals surface area contributed by atoms with Crippen molar-refractivity contribution >= 4 is 22.2 Å². The van der Waals surface area contributed by atoms with E-state index in [1.54, 1.807) is 16.2 Å². The largest absolute Gasteiger partial charge is 0.340 e. The third-order valence-electron chi connectivity index (χ3n) is 5.77. The number of piperidine rings is 1. The lowest BCUT2D eigenvalue weighted by atomic mass is 10.1. The molecule has 0 atom stereocenters. The van der Waals surface area contributed by atoms with Crippen LogP contribution in [0.5, 0.6) is 0 Å². The molecule has 3 heterocycles. The van der Waals surface area contributed by atoms with Gasteiger partial charge in [0.2, 0.25) is 0 Å². The Balaban J connectivity index is 1.45. The Morgan fingerprint density at radius 3 is 2.79 bits per heavy atom. The van der Waals surface area contributed by atoms with Crippen LogP contribution in [0.2, 0.25) is 0 Å². The molecule has 1 aliphatic heterocycles. The van der Waals surface area contributed by atoms with Crippen molar-refractivity contribution in [2.24, 2.45) is 0 Å². The van der Waals surface area contributed by atoms with Crippen LogP contribution in [0.15, 0.2) is 41.9 Å². The minimum atomic E-state index is -0.00277. The van der Waals surface area contributed by atoms with Crippen LogP contribution in [0.3, 0.4) is 0 Å². The zero-order valence-electron chi connectivity index (χ0n) is 17.2. The molecule has 4 rings (SSSR count). The summed E-state index contributed by atoms with van der Waals surface area (Å²) in [7, 11) is 4.04. The van der Waals surface area contributed by atoms with Crippen LogP contribution in [0, 0.1) is 0 Å². The van der Waals surface area contributed by atoms with Gasteiger partial charge in [-0.05, 0) is 45.0 Å². The summed E-state index contributed by atoms with van der Waals surface area (Å²) in [5, 5.41) is 5.69. The summed E-state index contributed by atoms with van der Waals surface area (Å²) in [6.45, 7) is 3.58. The predicted octanol–water partition coefficient (Wildman–Crippen LogP) is 2.89. The molecule has 0 aliphatic carbocycles. The minimum Gasteiger partial charge on any atom is -0.340 e. The van der Waals surface area contributed by atoms with E-state index in [4.69, 9.17) is 0 Å². The average molecular weight is 412 g/mol. The molecule has 154 valence electrons. The Labute approximate surface area is 176 Å². The maximum absolute atomic E-state index is 13.2. The summed E-state index contributed by atoms with van der Waals surface area (Å²) >= 11 is 1.57. The highest BCUT2D eigenvalue weighted by Gasteiger charge is 2.24. The summed E-state index contributed by atoms with van der Waals surface area (Å²) in [6.07, 6.45) is 5.14. The maximum Gasteiger partial charge on any atom is 0.274 e. The Bertz CT molecular complexity index is 943. The molecule has 1 N–H and O–H groups in total. The van der Waals surface area contributed by atoms with Gasteiger partial charge in [0.25, 0.3) is 5.91 Å². The van der Waals surface area contributed by atoms with E-state index in [1.165, 1.54) is 5.56 Å². The van der Waals surface area contributed by atoms with E-state index in [2.05, 4.69) is 38.8 Å². The molecule has 0 saturated carbocycles. The number of fused-ring (bicyclic) bond motifs is 1. The number of carbonyl (C=O) groups excluding carboxylic acids is 1. The molecule has 0 spiro atoms. The van der Waals surface area contributed by atoms with E-state index in [1.807, 2.05) is 36.8 Å². The fourth-order valence-corrected chi connectivity index (χ4v) is 4.58. The van der Waals surface area contributed by atoms with Crippen molar-refractivity contribution in [2.45, 2.75) is 31.8 Å². The Hall–Kier alpha value is -2.22. The number of aromatic nitrogens is 2. The Morgan fingerprint density at radius 2 is 2.03 bits per heavy atom. The van der Waals surface area contributed by atoms with Gasteiger partial charge in [0.1, 0.15) is 0 Å². The highest BCUT2D eigenvalue weighted by Crippen LogP contribution is 2.20. The molecule has 0 radical (unpaired) electrons. The van der Waals surface area contributed by atoms with Crippen molar-refractivity contribution in [3.8, 4) is 0 Å².